The first-order valence-electron chi connectivity index (χ1n) is 8.42. The molecule has 1 heterocycles. The lowest BCUT2D eigenvalue weighted by Gasteiger charge is -2.17. The number of halogens is 2. The molecule has 0 fully saturated rings. The Bertz CT molecular complexity index is 769. The summed E-state index contributed by atoms with van der Waals surface area (Å²) < 4.78 is 27.0. The second kappa shape index (κ2) is 7.24. The van der Waals surface area contributed by atoms with E-state index in [4.69, 9.17) is 0 Å². The molecule has 1 atom stereocenters. The molecule has 1 N–H and O–H groups in total. The molecule has 0 bridgehead atoms. The molecule has 0 spiro atoms. The van der Waals surface area contributed by atoms with Crippen LogP contribution in [0.4, 0.5) is 13.8 Å². The van der Waals surface area contributed by atoms with E-state index in [0.29, 0.717) is 12.0 Å². The van der Waals surface area contributed by atoms with Crippen molar-refractivity contribution in [2.75, 3.05) is 5.32 Å². The van der Waals surface area contributed by atoms with Crippen LogP contribution < -0.4 is 5.32 Å². The number of benzene rings is 1. The predicted octanol–water partition coefficient (Wildman–Crippen LogP) is 6.07. The Kier molecular flexibility index (Phi) is 5.67. The van der Waals surface area contributed by atoms with E-state index in [0.717, 1.165) is 16.6 Å². The molecule has 136 valence electrons. The Balaban J connectivity index is 2.32. The Hall–Kier alpha value is -1.75. The number of hydrogen-bond donors (Lipinski definition) is 1. The van der Waals surface area contributed by atoms with Gasteiger partial charge in [-0.2, -0.15) is 0 Å². The molecule has 2 nitrogen and oxygen atoms in total. The Morgan fingerprint density at radius 1 is 1.12 bits per heavy atom. The molecule has 0 radical (unpaired) electrons. The average Bonchev–Trinajstić information content (AvgIpc) is 2.75. The highest BCUT2D eigenvalue weighted by atomic mass is 32.1. The number of carbonyl (C=O) groups is 1. The van der Waals surface area contributed by atoms with Crippen molar-refractivity contribution < 1.29 is 13.6 Å². The molecule has 0 saturated carbocycles. The zero-order chi connectivity index (χ0) is 18.9. The van der Waals surface area contributed by atoms with Gasteiger partial charge in [0.05, 0.1) is 10.9 Å². The number of hydrogen-bond acceptors (Lipinski definition) is 2. The summed E-state index contributed by atoms with van der Waals surface area (Å²) in [6, 6.07) is 3.27. The second-order valence-corrected chi connectivity index (χ2v) is 8.43. The number of rotatable bonds is 4. The van der Waals surface area contributed by atoms with Crippen molar-refractivity contribution in [2.24, 2.45) is 0 Å². The van der Waals surface area contributed by atoms with Crippen LogP contribution in [0.15, 0.2) is 18.2 Å². The van der Waals surface area contributed by atoms with Crippen molar-refractivity contribution >= 4 is 22.2 Å². The molecule has 1 amide bonds. The maximum atomic E-state index is 13.5. The standard InChI is InChI=1S/C20H25F2NOS/c1-7-16(13-8-14(21)10-15(22)9-13)18(24)23-19-12(3)11(2)17(25-19)20(4,5)6/h8-10,16H,7H2,1-6H3,(H,23,24). The van der Waals surface area contributed by atoms with Crippen LogP contribution in [0.2, 0.25) is 0 Å². The fraction of sp³-hybridized carbons (Fsp3) is 0.450. The third kappa shape index (κ3) is 4.27. The van der Waals surface area contributed by atoms with Gasteiger partial charge in [0.15, 0.2) is 0 Å². The van der Waals surface area contributed by atoms with Crippen LogP contribution in [0, 0.1) is 25.5 Å². The van der Waals surface area contributed by atoms with Gasteiger partial charge in [-0.15, -0.1) is 11.3 Å². The topological polar surface area (TPSA) is 29.1 Å². The van der Waals surface area contributed by atoms with Crippen LogP contribution in [0.25, 0.3) is 0 Å². The van der Waals surface area contributed by atoms with E-state index in [-0.39, 0.29) is 11.3 Å². The molecule has 0 aliphatic carbocycles. The number of anilines is 1. The third-order valence-corrected chi connectivity index (χ3v) is 6.11. The summed E-state index contributed by atoms with van der Waals surface area (Å²) in [6.45, 7) is 12.3. The highest BCUT2D eigenvalue weighted by Gasteiger charge is 2.25. The maximum absolute atomic E-state index is 13.5. The summed E-state index contributed by atoms with van der Waals surface area (Å²) in [4.78, 5) is 14.0. The van der Waals surface area contributed by atoms with Crippen molar-refractivity contribution in [3.05, 3.63) is 51.4 Å². The van der Waals surface area contributed by atoms with Gasteiger partial charge in [-0.1, -0.05) is 27.7 Å². The number of nitrogens with one attached hydrogen (secondary N) is 1. The molecule has 25 heavy (non-hydrogen) atoms. The molecule has 1 aromatic carbocycles. The lowest BCUT2D eigenvalue weighted by atomic mass is 9.91. The molecule has 5 heteroatoms. The van der Waals surface area contributed by atoms with E-state index in [1.165, 1.54) is 22.6 Å². The summed E-state index contributed by atoms with van der Waals surface area (Å²) in [5, 5.41) is 3.77. The zero-order valence-corrected chi connectivity index (χ0v) is 16.4. The minimum atomic E-state index is -0.667. The van der Waals surface area contributed by atoms with Gasteiger partial charge in [-0.05, 0) is 54.5 Å². The van der Waals surface area contributed by atoms with Crippen LogP contribution in [-0.2, 0) is 10.2 Å². The van der Waals surface area contributed by atoms with E-state index < -0.39 is 17.6 Å². The minimum absolute atomic E-state index is 0.00165. The molecule has 2 aromatic rings. The summed E-state index contributed by atoms with van der Waals surface area (Å²) in [5.41, 5.74) is 2.58. The fourth-order valence-corrected chi connectivity index (χ4v) is 4.25. The monoisotopic (exact) mass is 365 g/mol. The largest absolute Gasteiger partial charge is 0.317 e. The Labute approximate surface area is 152 Å². The second-order valence-electron chi connectivity index (χ2n) is 7.41. The van der Waals surface area contributed by atoms with E-state index in [1.54, 1.807) is 11.3 Å². The van der Waals surface area contributed by atoms with Gasteiger partial charge in [-0.3, -0.25) is 4.79 Å². The highest BCUT2D eigenvalue weighted by Crippen LogP contribution is 2.40. The zero-order valence-electron chi connectivity index (χ0n) is 15.6. The quantitative estimate of drug-likeness (QED) is 0.700. The lowest BCUT2D eigenvalue weighted by Crippen LogP contribution is -2.21. The van der Waals surface area contributed by atoms with Gasteiger partial charge in [-0.25, -0.2) is 8.78 Å². The molecule has 0 aliphatic rings. The fourth-order valence-electron chi connectivity index (χ4n) is 2.98. The first-order chi connectivity index (χ1) is 11.5. The lowest BCUT2D eigenvalue weighted by molar-refractivity contribution is -0.117. The Morgan fingerprint density at radius 3 is 2.12 bits per heavy atom. The summed E-state index contributed by atoms with van der Waals surface area (Å²) in [6.07, 6.45) is 0.463. The van der Waals surface area contributed by atoms with Crippen molar-refractivity contribution in [3.8, 4) is 0 Å². The third-order valence-electron chi connectivity index (χ3n) is 4.38. The molecule has 0 saturated heterocycles. The van der Waals surface area contributed by atoms with E-state index in [2.05, 4.69) is 33.0 Å². The summed E-state index contributed by atoms with van der Waals surface area (Å²) in [5.74, 6) is -2.17. The van der Waals surface area contributed by atoms with Crippen molar-refractivity contribution in [1.29, 1.82) is 0 Å². The first kappa shape index (κ1) is 19.6. The van der Waals surface area contributed by atoms with Crippen molar-refractivity contribution in [2.45, 2.75) is 59.3 Å². The van der Waals surface area contributed by atoms with Crippen LogP contribution in [0.5, 0.6) is 0 Å². The van der Waals surface area contributed by atoms with Gasteiger partial charge in [0, 0.05) is 10.9 Å². The van der Waals surface area contributed by atoms with Crippen molar-refractivity contribution in [3.63, 3.8) is 0 Å². The molecular formula is C20H25F2NOS. The number of carbonyl (C=O) groups excluding carboxylic acids is 1. The predicted molar refractivity (Wildman–Crippen MR) is 101 cm³/mol. The minimum Gasteiger partial charge on any atom is -0.317 e. The molecule has 1 aromatic heterocycles. The summed E-state index contributed by atoms with van der Waals surface area (Å²) in [7, 11) is 0. The molecular weight excluding hydrogens is 340 g/mol. The van der Waals surface area contributed by atoms with Crippen LogP contribution in [0.3, 0.4) is 0 Å². The smallest absolute Gasteiger partial charge is 0.232 e. The van der Waals surface area contributed by atoms with Crippen LogP contribution >= 0.6 is 11.3 Å². The van der Waals surface area contributed by atoms with Gasteiger partial charge in [0.2, 0.25) is 5.91 Å². The van der Waals surface area contributed by atoms with Gasteiger partial charge >= 0.3 is 0 Å². The number of thiophene rings is 1. The number of amides is 1. The van der Waals surface area contributed by atoms with E-state index >= 15 is 0 Å². The average molecular weight is 365 g/mol. The van der Waals surface area contributed by atoms with Crippen LogP contribution in [0.1, 0.15) is 61.6 Å². The first-order valence-corrected chi connectivity index (χ1v) is 9.23. The molecule has 0 aliphatic heterocycles. The van der Waals surface area contributed by atoms with Gasteiger partial charge in [0.1, 0.15) is 11.6 Å². The Morgan fingerprint density at radius 2 is 1.68 bits per heavy atom. The van der Waals surface area contributed by atoms with Gasteiger partial charge < -0.3 is 5.32 Å². The van der Waals surface area contributed by atoms with Gasteiger partial charge in [0.25, 0.3) is 0 Å². The maximum Gasteiger partial charge on any atom is 0.232 e. The van der Waals surface area contributed by atoms with E-state index in [9.17, 15) is 13.6 Å². The SMILES string of the molecule is CCC(C(=O)Nc1sc(C(C)(C)C)c(C)c1C)c1cc(F)cc(F)c1. The highest BCUT2D eigenvalue weighted by molar-refractivity contribution is 7.16. The van der Waals surface area contributed by atoms with Crippen molar-refractivity contribution in [1.82, 2.24) is 0 Å². The summed E-state index contributed by atoms with van der Waals surface area (Å²) >= 11 is 1.57. The normalized spacial score (nSPS) is 13.0. The van der Waals surface area contributed by atoms with E-state index in [1.807, 2.05) is 13.8 Å². The molecule has 1 unspecified atom stereocenters. The van der Waals surface area contributed by atoms with Crippen LogP contribution in [-0.4, -0.2) is 5.91 Å². The molecule has 2 rings (SSSR count).